The molecule has 0 aromatic heterocycles. The van der Waals surface area contributed by atoms with Gasteiger partial charge >= 0.3 is 5.97 Å². The van der Waals surface area contributed by atoms with Crippen LogP contribution in [0.2, 0.25) is 0 Å². The minimum absolute atomic E-state index is 0.183. The highest BCUT2D eigenvalue weighted by atomic mass is 16.5. The van der Waals surface area contributed by atoms with Crippen LogP contribution in [0.25, 0.3) is 0 Å². The van der Waals surface area contributed by atoms with E-state index in [4.69, 9.17) is 10.5 Å². The monoisotopic (exact) mass is 218 g/mol. The highest BCUT2D eigenvalue weighted by Gasteiger charge is 2.11. The van der Waals surface area contributed by atoms with Crippen molar-refractivity contribution >= 4 is 11.9 Å². The van der Waals surface area contributed by atoms with Crippen molar-refractivity contribution in [3.63, 3.8) is 0 Å². The molecule has 1 unspecified atom stereocenters. The number of hydrogen-bond acceptors (Lipinski definition) is 5. The molecule has 0 heterocycles. The molecule has 0 aromatic carbocycles. The van der Waals surface area contributed by atoms with Gasteiger partial charge in [-0.05, 0) is 6.42 Å². The van der Waals surface area contributed by atoms with Gasteiger partial charge in [0, 0.05) is 20.1 Å². The molecule has 0 saturated carbocycles. The Balaban J connectivity index is 3.50. The Kier molecular flexibility index (Phi) is 7.57. The molecule has 6 nitrogen and oxygen atoms in total. The van der Waals surface area contributed by atoms with Crippen LogP contribution in [0.4, 0.5) is 0 Å². The van der Waals surface area contributed by atoms with Crippen molar-refractivity contribution in [2.75, 3.05) is 27.4 Å². The molecule has 0 aliphatic carbocycles. The molecule has 0 aliphatic heterocycles. The van der Waals surface area contributed by atoms with Gasteiger partial charge in [-0.15, -0.1) is 0 Å². The number of carbonyl (C=O) groups is 2. The van der Waals surface area contributed by atoms with Crippen LogP contribution in [0.1, 0.15) is 12.8 Å². The lowest BCUT2D eigenvalue weighted by Gasteiger charge is -2.10. The van der Waals surface area contributed by atoms with Gasteiger partial charge in [-0.1, -0.05) is 0 Å². The maximum atomic E-state index is 11.2. The zero-order chi connectivity index (χ0) is 11.7. The fourth-order valence-electron chi connectivity index (χ4n) is 0.933. The Labute approximate surface area is 89.1 Å². The van der Waals surface area contributed by atoms with Gasteiger partial charge in [-0.3, -0.25) is 9.59 Å². The van der Waals surface area contributed by atoms with Crippen LogP contribution in [-0.4, -0.2) is 45.3 Å². The summed E-state index contributed by atoms with van der Waals surface area (Å²) in [5.74, 6) is -0.563. The molecule has 0 radical (unpaired) electrons. The summed E-state index contributed by atoms with van der Waals surface area (Å²) < 4.78 is 9.17. The summed E-state index contributed by atoms with van der Waals surface area (Å²) in [5.41, 5.74) is 5.47. The van der Waals surface area contributed by atoms with Crippen LogP contribution >= 0.6 is 0 Å². The van der Waals surface area contributed by atoms with E-state index in [9.17, 15) is 9.59 Å². The van der Waals surface area contributed by atoms with Gasteiger partial charge in [0.05, 0.1) is 13.7 Å². The van der Waals surface area contributed by atoms with Crippen molar-refractivity contribution in [3.8, 4) is 0 Å². The molecule has 1 atom stereocenters. The van der Waals surface area contributed by atoms with Gasteiger partial charge in [-0.25, -0.2) is 0 Å². The standard InChI is InChI=1S/C9H18N2O4/c1-14-6-7(10)9(13)11-5-3-4-8(12)15-2/h7H,3-6,10H2,1-2H3,(H,11,13). The maximum absolute atomic E-state index is 11.2. The predicted molar refractivity (Wildman–Crippen MR) is 54.1 cm³/mol. The van der Waals surface area contributed by atoms with E-state index >= 15 is 0 Å². The first-order valence-corrected chi connectivity index (χ1v) is 4.70. The minimum atomic E-state index is -0.659. The van der Waals surface area contributed by atoms with Crippen molar-refractivity contribution in [3.05, 3.63) is 0 Å². The van der Waals surface area contributed by atoms with Crippen molar-refractivity contribution in [1.82, 2.24) is 5.32 Å². The summed E-state index contributed by atoms with van der Waals surface area (Å²) in [5, 5.41) is 2.59. The Morgan fingerprint density at radius 2 is 2.07 bits per heavy atom. The molecule has 15 heavy (non-hydrogen) atoms. The van der Waals surface area contributed by atoms with E-state index in [2.05, 4.69) is 10.1 Å². The quantitative estimate of drug-likeness (QED) is 0.424. The lowest BCUT2D eigenvalue weighted by atomic mass is 10.3. The molecule has 0 fully saturated rings. The molecule has 1 amide bonds. The number of methoxy groups -OCH3 is 2. The van der Waals surface area contributed by atoms with E-state index in [1.54, 1.807) is 0 Å². The average Bonchev–Trinajstić information content (AvgIpc) is 2.23. The molecule has 0 spiro atoms. The first-order chi connectivity index (χ1) is 7.11. The average molecular weight is 218 g/mol. The Hall–Kier alpha value is -1.14. The van der Waals surface area contributed by atoms with Gasteiger partial charge in [-0.2, -0.15) is 0 Å². The molecule has 88 valence electrons. The van der Waals surface area contributed by atoms with E-state index in [1.807, 2.05) is 0 Å². The Morgan fingerprint density at radius 3 is 2.60 bits per heavy atom. The van der Waals surface area contributed by atoms with Crippen LogP contribution in [0.5, 0.6) is 0 Å². The molecule has 3 N–H and O–H groups in total. The Bertz CT molecular complexity index is 208. The highest BCUT2D eigenvalue weighted by molar-refractivity contribution is 5.81. The summed E-state index contributed by atoms with van der Waals surface area (Å²) in [7, 11) is 2.81. The fourth-order valence-corrected chi connectivity index (χ4v) is 0.933. The number of hydrogen-bond donors (Lipinski definition) is 2. The van der Waals surface area contributed by atoms with Crippen molar-refractivity contribution in [2.45, 2.75) is 18.9 Å². The van der Waals surface area contributed by atoms with Crippen molar-refractivity contribution in [2.24, 2.45) is 5.73 Å². The van der Waals surface area contributed by atoms with Gasteiger partial charge < -0.3 is 20.5 Å². The molecule has 0 rings (SSSR count). The van der Waals surface area contributed by atoms with Crippen LogP contribution in [0, 0.1) is 0 Å². The first-order valence-electron chi connectivity index (χ1n) is 4.70. The Morgan fingerprint density at radius 1 is 1.40 bits per heavy atom. The highest BCUT2D eigenvalue weighted by Crippen LogP contribution is 1.90. The van der Waals surface area contributed by atoms with Gasteiger partial charge in [0.15, 0.2) is 0 Å². The van der Waals surface area contributed by atoms with Crippen molar-refractivity contribution < 1.29 is 19.1 Å². The van der Waals surface area contributed by atoms with E-state index in [0.717, 1.165) is 0 Å². The van der Waals surface area contributed by atoms with Crippen molar-refractivity contribution in [1.29, 1.82) is 0 Å². The smallest absolute Gasteiger partial charge is 0.305 e. The third-order valence-corrected chi connectivity index (χ3v) is 1.77. The van der Waals surface area contributed by atoms with Gasteiger partial charge in [0.1, 0.15) is 6.04 Å². The summed E-state index contributed by atoms with van der Waals surface area (Å²) in [6.07, 6.45) is 0.828. The number of carbonyl (C=O) groups excluding carboxylic acids is 2. The SMILES string of the molecule is COCC(N)C(=O)NCCCC(=O)OC. The lowest BCUT2D eigenvalue weighted by molar-refractivity contribution is -0.140. The zero-order valence-corrected chi connectivity index (χ0v) is 9.12. The molecule has 0 bridgehead atoms. The van der Waals surface area contributed by atoms with E-state index in [0.29, 0.717) is 13.0 Å². The normalized spacial score (nSPS) is 11.9. The summed E-state index contributed by atoms with van der Waals surface area (Å²) in [6, 6.07) is -0.659. The minimum Gasteiger partial charge on any atom is -0.469 e. The molecule has 0 saturated heterocycles. The molecule has 0 aliphatic rings. The molecular weight excluding hydrogens is 200 g/mol. The number of ether oxygens (including phenoxy) is 2. The second-order valence-corrected chi connectivity index (χ2v) is 3.03. The number of esters is 1. The molecular formula is C9H18N2O4. The second kappa shape index (κ2) is 8.19. The predicted octanol–water partition coefficient (Wildman–Crippen LogP) is -0.970. The summed E-state index contributed by atoms with van der Waals surface area (Å²) >= 11 is 0. The maximum Gasteiger partial charge on any atom is 0.305 e. The van der Waals surface area contributed by atoms with Crippen LogP contribution < -0.4 is 11.1 Å². The van der Waals surface area contributed by atoms with Crippen LogP contribution in [0.3, 0.4) is 0 Å². The summed E-state index contributed by atoms with van der Waals surface area (Å²) in [4.78, 5) is 21.9. The zero-order valence-electron chi connectivity index (χ0n) is 9.12. The number of nitrogens with one attached hydrogen (secondary N) is 1. The van der Waals surface area contributed by atoms with Gasteiger partial charge in [0.2, 0.25) is 5.91 Å². The third-order valence-electron chi connectivity index (χ3n) is 1.77. The van der Waals surface area contributed by atoms with Crippen LogP contribution in [0.15, 0.2) is 0 Å². The van der Waals surface area contributed by atoms with Gasteiger partial charge in [0.25, 0.3) is 0 Å². The van der Waals surface area contributed by atoms with E-state index < -0.39 is 6.04 Å². The lowest BCUT2D eigenvalue weighted by Crippen LogP contribution is -2.43. The number of amides is 1. The third kappa shape index (κ3) is 6.87. The number of nitrogens with two attached hydrogens (primary N) is 1. The molecule has 0 aromatic rings. The number of rotatable bonds is 7. The molecule has 6 heteroatoms. The van der Waals surface area contributed by atoms with E-state index in [-0.39, 0.29) is 24.9 Å². The summed E-state index contributed by atoms with van der Waals surface area (Å²) in [6.45, 7) is 0.591. The topological polar surface area (TPSA) is 90.6 Å². The largest absolute Gasteiger partial charge is 0.469 e. The fraction of sp³-hybridized carbons (Fsp3) is 0.778. The first kappa shape index (κ1) is 13.9. The van der Waals surface area contributed by atoms with Crippen LogP contribution in [-0.2, 0) is 19.1 Å². The van der Waals surface area contributed by atoms with E-state index in [1.165, 1.54) is 14.2 Å². The second-order valence-electron chi connectivity index (χ2n) is 3.03.